The average molecular weight is 355 g/mol. The maximum atomic E-state index is 6.14. The first-order valence-electron chi connectivity index (χ1n) is 8.42. The summed E-state index contributed by atoms with van der Waals surface area (Å²) in [4.78, 5) is 4.58. The van der Waals surface area contributed by atoms with Crippen molar-refractivity contribution < 1.29 is 4.74 Å². The Kier molecular flexibility index (Phi) is 5.14. The number of nitrogens with zero attached hydrogens (tertiary/aromatic N) is 2. The number of aromatic nitrogens is 2. The minimum atomic E-state index is 0.502. The molecule has 3 nitrogen and oxygen atoms in total. The maximum Gasteiger partial charge on any atom is 0.147 e. The van der Waals surface area contributed by atoms with Gasteiger partial charge in [-0.25, -0.2) is 0 Å². The fourth-order valence-corrected chi connectivity index (χ4v) is 3.00. The highest BCUT2D eigenvalue weighted by atomic mass is 35.5. The number of halogens is 1. The van der Waals surface area contributed by atoms with Crippen molar-refractivity contribution in [2.24, 2.45) is 0 Å². The molecule has 4 heteroatoms. The minimum absolute atomic E-state index is 0.502. The Hall–Kier alpha value is -2.26. The van der Waals surface area contributed by atoms with Gasteiger partial charge in [0.2, 0.25) is 0 Å². The Bertz CT molecular complexity index is 919. The summed E-state index contributed by atoms with van der Waals surface area (Å²) in [5.41, 5.74) is 6.88. The topological polar surface area (TPSA) is 27.1 Å². The van der Waals surface area contributed by atoms with Crippen molar-refractivity contribution in [3.8, 4) is 5.75 Å². The second-order valence-corrected chi connectivity index (χ2v) is 6.96. The van der Waals surface area contributed by atoms with Crippen molar-refractivity contribution in [1.29, 1.82) is 0 Å². The number of rotatable bonds is 5. The molecule has 0 N–H and O–H groups in total. The van der Waals surface area contributed by atoms with E-state index in [1.54, 1.807) is 0 Å². The second-order valence-electron chi connectivity index (χ2n) is 6.52. The van der Waals surface area contributed by atoms with Gasteiger partial charge in [-0.1, -0.05) is 35.4 Å². The molecule has 0 spiro atoms. The van der Waals surface area contributed by atoms with Crippen LogP contribution in [0.3, 0.4) is 0 Å². The van der Waals surface area contributed by atoms with Gasteiger partial charge in [-0.05, 0) is 51.0 Å². The molecule has 2 aromatic heterocycles. The quantitative estimate of drug-likeness (QED) is 0.537. The van der Waals surface area contributed by atoms with Crippen LogP contribution in [-0.4, -0.2) is 9.55 Å². The molecule has 3 rings (SSSR count). The maximum absolute atomic E-state index is 6.14. The minimum Gasteiger partial charge on any atom is -0.487 e. The number of ether oxygens (including phenoxy) is 1. The van der Waals surface area contributed by atoms with E-state index in [1.165, 1.54) is 16.8 Å². The van der Waals surface area contributed by atoms with Crippen molar-refractivity contribution in [3.63, 3.8) is 0 Å². The van der Waals surface area contributed by atoms with E-state index in [-0.39, 0.29) is 0 Å². The molecule has 25 heavy (non-hydrogen) atoms. The van der Waals surface area contributed by atoms with Crippen molar-refractivity contribution in [3.05, 3.63) is 70.0 Å². The number of fused-ring (bicyclic) bond motifs is 1. The van der Waals surface area contributed by atoms with Crippen molar-refractivity contribution in [1.82, 2.24) is 9.55 Å². The Morgan fingerprint density at radius 2 is 1.88 bits per heavy atom. The molecule has 0 bridgehead atoms. The highest BCUT2D eigenvalue weighted by Gasteiger charge is 2.15. The first-order chi connectivity index (χ1) is 12.0. The first-order valence-corrected chi connectivity index (χ1v) is 8.80. The Labute approximate surface area is 153 Å². The van der Waals surface area contributed by atoms with Gasteiger partial charge in [-0.2, -0.15) is 0 Å². The fourth-order valence-electron chi connectivity index (χ4n) is 2.87. The molecule has 2 heterocycles. The van der Waals surface area contributed by atoms with E-state index >= 15 is 0 Å². The van der Waals surface area contributed by atoms with Crippen molar-refractivity contribution in [2.75, 3.05) is 0 Å². The molecule has 0 amide bonds. The molecular formula is C21H23ClN2O. The van der Waals surface area contributed by atoms with Crippen molar-refractivity contribution >= 4 is 22.6 Å². The predicted molar refractivity (Wildman–Crippen MR) is 104 cm³/mol. The van der Waals surface area contributed by atoms with Crippen LogP contribution in [0.5, 0.6) is 5.75 Å². The van der Waals surface area contributed by atoms with Crippen LogP contribution in [0.2, 0.25) is 5.02 Å². The lowest BCUT2D eigenvalue weighted by molar-refractivity contribution is 0.308. The molecular weight excluding hydrogens is 332 g/mol. The average Bonchev–Trinajstić information content (AvgIpc) is 2.84. The third kappa shape index (κ3) is 3.72. The van der Waals surface area contributed by atoms with Gasteiger partial charge in [0.1, 0.15) is 17.9 Å². The normalized spacial score (nSPS) is 10.9. The molecule has 0 radical (unpaired) electrons. The number of pyridine rings is 1. The fraction of sp³-hybridized carbons (Fsp3) is 0.286. The molecule has 0 aliphatic rings. The summed E-state index contributed by atoms with van der Waals surface area (Å²) < 4.78 is 8.42. The van der Waals surface area contributed by atoms with Gasteiger partial charge in [-0.3, -0.25) is 4.98 Å². The summed E-state index contributed by atoms with van der Waals surface area (Å²) in [5.74, 6) is 0.860. The van der Waals surface area contributed by atoms with Crippen LogP contribution in [0.15, 0.2) is 48.2 Å². The molecule has 0 aliphatic carbocycles. The third-order valence-corrected chi connectivity index (χ3v) is 4.70. The smallest absolute Gasteiger partial charge is 0.147 e. The van der Waals surface area contributed by atoms with Crippen molar-refractivity contribution in [2.45, 2.75) is 40.8 Å². The summed E-state index contributed by atoms with van der Waals surface area (Å²) >= 11 is 5.95. The van der Waals surface area contributed by atoms with E-state index in [4.69, 9.17) is 16.3 Å². The molecule has 0 aliphatic heterocycles. The van der Waals surface area contributed by atoms with Crippen LogP contribution in [0.25, 0.3) is 11.0 Å². The molecule has 1 aromatic carbocycles. The zero-order chi connectivity index (χ0) is 18.0. The first kappa shape index (κ1) is 17.6. The van der Waals surface area contributed by atoms with Gasteiger partial charge in [-0.15, -0.1) is 0 Å². The van der Waals surface area contributed by atoms with Gasteiger partial charge in [0, 0.05) is 29.5 Å². The zero-order valence-electron chi connectivity index (χ0n) is 15.1. The van der Waals surface area contributed by atoms with Crippen LogP contribution >= 0.6 is 11.6 Å². The zero-order valence-corrected chi connectivity index (χ0v) is 15.9. The molecule has 0 atom stereocenters. The Morgan fingerprint density at radius 3 is 2.56 bits per heavy atom. The third-order valence-electron chi connectivity index (χ3n) is 4.45. The molecule has 0 unspecified atom stereocenters. The van der Waals surface area contributed by atoms with E-state index in [0.29, 0.717) is 6.61 Å². The summed E-state index contributed by atoms with van der Waals surface area (Å²) in [6.45, 7) is 9.81. The van der Waals surface area contributed by atoms with E-state index in [1.807, 2.05) is 36.5 Å². The van der Waals surface area contributed by atoms with E-state index in [9.17, 15) is 0 Å². The van der Waals surface area contributed by atoms with Crippen LogP contribution in [0.4, 0.5) is 0 Å². The SMILES string of the molecule is CC(C)=CCn1c(C)c(C)c2nccc(OCc3ccc(Cl)cc3)c21. The Morgan fingerprint density at radius 1 is 1.16 bits per heavy atom. The lowest BCUT2D eigenvalue weighted by Crippen LogP contribution is -2.02. The van der Waals surface area contributed by atoms with Gasteiger partial charge >= 0.3 is 0 Å². The number of aryl methyl sites for hydroxylation is 1. The second kappa shape index (κ2) is 7.32. The summed E-state index contributed by atoms with van der Waals surface area (Å²) in [7, 11) is 0. The predicted octanol–water partition coefficient (Wildman–Crippen LogP) is 5.85. The number of benzene rings is 1. The molecule has 130 valence electrons. The van der Waals surface area contributed by atoms with Crippen LogP contribution in [-0.2, 0) is 13.2 Å². The Balaban J connectivity index is 1.98. The highest BCUT2D eigenvalue weighted by Crippen LogP contribution is 2.31. The number of hydrogen-bond donors (Lipinski definition) is 0. The molecule has 0 fully saturated rings. The lowest BCUT2D eigenvalue weighted by atomic mass is 10.2. The molecule has 0 saturated heterocycles. The lowest BCUT2D eigenvalue weighted by Gasteiger charge is -2.11. The van der Waals surface area contributed by atoms with Crippen LogP contribution in [0, 0.1) is 13.8 Å². The summed E-state index contributed by atoms with van der Waals surface area (Å²) in [6.07, 6.45) is 4.04. The van der Waals surface area contributed by atoms with Gasteiger partial charge in [0.15, 0.2) is 0 Å². The van der Waals surface area contributed by atoms with Gasteiger partial charge < -0.3 is 9.30 Å². The molecule has 3 aromatic rings. The van der Waals surface area contributed by atoms with E-state index < -0.39 is 0 Å². The number of hydrogen-bond acceptors (Lipinski definition) is 2. The van der Waals surface area contributed by atoms with E-state index in [2.05, 4.69) is 43.3 Å². The monoisotopic (exact) mass is 354 g/mol. The highest BCUT2D eigenvalue weighted by molar-refractivity contribution is 6.30. The van der Waals surface area contributed by atoms with Gasteiger partial charge in [0.05, 0.1) is 5.52 Å². The van der Waals surface area contributed by atoms with E-state index in [0.717, 1.165) is 33.9 Å². The standard InChI is InChI=1S/C21H23ClN2O/c1-14(2)10-12-24-16(4)15(3)20-21(24)19(9-11-23-20)25-13-17-5-7-18(22)8-6-17/h5-11H,12-13H2,1-4H3. The summed E-state index contributed by atoms with van der Waals surface area (Å²) in [5, 5.41) is 0.733. The number of allylic oxidation sites excluding steroid dienone is 2. The summed E-state index contributed by atoms with van der Waals surface area (Å²) in [6, 6.07) is 9.68. The van der Waals surface area contributed by atoms with Crippen LogP contribution < -0.4 is 4.74 Å². The van der Waals surface area contributed by atoms with Gasteiger partial charge in [0.25, 0.3) is 0 Å². The van der Waals surface area contributed by atoms with Crippen LogP contribution in [0.1, 0.15) is 30.7 Å². The molecule has 0 saturated carbocycles. The largest absolute Gasteiger partial charge is 0.487 e.